The van der Waals surface area contributed by atoms with Crippen LogP contribution in [0.25, 0.3) is 0 Å². The zero-order chi connectivity index (χ0) is 12.1. The van der Waals surface area contributed by atoms with Gasteiger partial charge in [-0.1, -0.05) is 27.7 Å². The molecule has 0 amide bonds. The van der Waals surface area contributed by atoms with Crippen LogP contribution in [0.2, 0.25) is 0 Å². The van der Waals surface area contributed by atoms with Gasteiger partial charge in [-0.3, -0.25) is 4.90 Å². The van der Waals surface area contributed by atoms with Crippen LogP contribution in [0.15, 0.2) is 0 Å². The van der Waals surface area contributed by atoms with E-state index in [0.717, 1.165) is 11.8 Å². The molecule has 0 aliphatic carbocycles. The molecule has 0 aromatic heterocycles. The van der Waals surface area contributed by atoms with Crippen LogP contribution >= 0.6 is 0 Å². The third-order valence-electron chi connectivity index (χ3n) is 2.61. The maximum absolute atomic E-state index is 2.60. The zero-order valence-electron chi connectivity index (χ0n) is 11.9. The molecule has 1 nitrogen and oxygen atoms in total. The predicted molar refractivity (Wildman–Crippen MR) is 70.2 cm³/mol. The predicted octanol–water partition coefficient (Wildman–Crippen LogP) is 4.18. The van der Waals surface area contributed by atoms with Gasteiger partial charge in [-0.25, -0.2) is 0 Å². The van der Waals surface area contributed by atoms with Crippen molar-refractivity contribution < 1.29 is 0 Å². The van der Waals surface area contributed by atoms with Gasteiger partial charge < -0.3 is 0 Å². The van der Waals surface area contributed by atoms with Crippen LogP contribution in [-0.4, -0.2) is 23.5 Å². The second-order valence-corrected chi connectivity index (χ2v) is 6.60. The lowest BCUT2D eigenvalue weighted by Crippen LogP contribution is -2.46. The fourth-order valence-electron chi connectivity index (χ4n) is 1.80. The first-order chi connectivity index (χ1) is 6.73. The third kappa shape index (κ3) is 7.84. The maximum atomic E-state index is 2.60. The highest BCUT2D eigenvalue weighted by atomic mass is 15.2. The number of nitrogens with zero attached hydrogens (tertiary/aromatic N) is 1. The fraction of sp³-hybridized carbons (Fsp3) is 1.00. The molecule has 92 valence electrons. The van der Waals surface area contributed by atoms with Gasteiger partial charge in [0.1, 0.15) is 0 Å². The van der Waals surface area contributed by atoms with Crippen molar-refractivity contribution in [3.8, 4) is 0 Å². The van der Waals surface area contributed by atoms with Gasteiger partial charge in [0.05, 0.1) is 0 Å². The third-order valence-corrected chi connectivity index (χ3v) is 2.61. The standard InChI is InChI=1S/C10H21N.C4H10/c1-9-6-5-7-11(8-9)10(2,3)4;1-4(2)3/h9H,5-8H2,1-4H3;4H,1-3H3/t9-;/m1./s1. The molecule has 1 heteroatoms. The fourth-order valence-corrected chi connectivity index (χ4v) is 1.80. The Labute approximate surface area is 97.2 Å². The van der Waals surface area contributed by atoms with Crippen molar-refractivity contribution in [3.63, 3.8) is 0 Å². The Bertz CT molecular complexity index is 152. The summed E-state index contributed by atoms with van der Waals surface area (Å²) in [6, 6.07) is 0. The monoisotopic (exact) mass is 213 g/mol. The molecule has 0 spiro atoms. The van der Waals surface area contributed by atoms with Gasteiger partial charge >= 0.3 is 0 Å². The first-order valence-corrected chi connectivity index (χ1v) is 6.48. The van der Waals surface area contributed by atoms with Gasteiger partial charge in [0.2, 0.25) is 0 Å². The summed E-state index contributed by atoms with van der Waals surface area (Å²) in [5.41, 5.74) is 0.384. The number of piperidine rings is 1. The Morgan fingerprint density at radius 2 is 1.60 bits per heavy atom. The molecule has 0 unspecified atom stereocenters. The SMILES string of the molecule is CC(C)C.C[C@@H]1CCCN(C(C)(C)C)C1. The van der Waals surface area contributed by atoms with E-state index in [9.17, 15) is 0 Å². The summed E-state index contributed by atoms with van der Waals surface area (Å²) in [5.74, 6) is 1.74. The average Bonchev–Trinajstić information content (AvgIpc) is 2.01. The van der Waals surface area contributed by atoms with Crippen LogP contribution in [-0.2, 0) is 0 Å². The molecule has 0 aromatic carbocycles. The molecule has 1 atom stereocenters. The van der Waals surface area contributed by atoms with E-state index in [1.165, 1.54) is 25.9 Å². The van der Waals surface area contributed by atoms with Gasteiger partial charge in [-0.05, 0) is 52.0 Å². The minimum Gasteiger partial charge on any atom is -0.298 e. The molecule has 1 heterocycles. The van der Waals surface area contributed by atoms with Gasteiger partial charge in [-0.2, -0.15) is 0 Å². The molecule has 0 N–H and O–H groups in total. The lowest BCUT2D eigenvalue weighted by molar-refractivity contribution is 0.0843. The molecule has 0 aromatic rings. The quantitative estimate of drug-likeness (QED) is 0.583. The van der Waals surface area contributed by atoms with E-state index in [-0.39, 0.29) is 0 Å². The second kappa shape index (κ2) is 6.52. The van der Waals surface area contributed by atoms with Crippen molar-refractivity contribution in [1.82, 2.24) is 4.90 Å². The molecule has 15 heavy (non-hydrogen) atoms. The highest BCUT2D eigenvalue weighted by Gasteiger charge is 2.25. The molecule has 1 fully saturated rings. The van der Waals surface area contributed by atoms with Crippen molar-refractivity contribution in [1.29, 1.82) is 0 Å². The molecular weight excluding hydrogens is 182 g/mol. The highest BCUT2D eigenvalue weighted by Crippen LogP contribution is 2.22. The molecule has 1 saturated heterocycles. The molecule has 1 rings (SSSR count). The van der Waals surface area contributed by atoms with E-state index in [1.807, 2.05) is 0 Å². The number of hydrogen-bond donors (Lipinski definition) is 0. The number of hydrogen-bond acceptors (Lipinski definition) is 1. The molecule has 1 aliphatic rings. The zero-order valence-corrected chi connectivity index (χ0v) is 11.9. The lowest BCUT2D eigenvalue weighted by Gasteiger charge is -2.40. The number of rotatable bonds is 0. The highest BCUT2D eigenvalue weighted by molar-refractivity contribution is 4.80. The minimum absolute atomic E-state index is 0.384. The summed E-state index contributed by atoms with van der Waals surface area (Å²) < 4.78 is 0. The maximum Gasteiger partial charge on any atom is 0.0125 e. The first kappa shape index (κ1) is 15.0. The van der Waals surface area contributed by atoms with Gasteiger partial charge in [-0.15, -0.1) is 0 Å². The van der Waals surface area contributed by atoms with Crippen LogP contribution < -0.4 is 0 Å². The molecule has 0 saturated carbocycles. The van der Waals surface area contributed by atoms with Crippen molar-refractivity contribution in [3.05, 3.63) is 0 Å². The topological polar surface area (TPSA) is 3.24 Å². The summed E-state index contributed by atoms with van der Waals surface area (Å²) in [6.07, 6.45) is 2.81. The minimum atomic E-state index is 0.384. The Hall–Kier alpha value is -0.0400. The molecule has 1 aliphatic heterocycles. The van der Waals surface area contributed by atoms with Crippen molar-refractivity contribution in [2.75, 3.05) is 13.1 Å². The molecule has 0 bridgehead atoms. The van der Waals surface area contributed by atoms with Crippen molar-refractivity contribution in [2.45, 2.75) is 66.8 Å². The summed E-state index contributed by atoms with van der Waals surface area (Å²) in [4.78, 5) is 2.60. The average molecular weight is 213 g/mol. The Balaban J connectivity index is 0.000000423. The molecule has 0 radical (unpaired) electrons. The summed E-state index contributed by atoms with van der Waals surface area (Å²) >= 11 is 0. The van der Waals surface area contributed by atoms with Gasteiger partial charge in [0.25, 0.3) is 0 Å². The van der Waals surface area contributed by atoms with Crippen LogP contribution in [0.1, 0.15) is 61.3 Å². The van der Waals surface area contributed by atoms with Crippen LogP contribution in [0.3, 0.4) is 0 Å². The van der Waals surface area contributed by atoms with Gasteiger partial charge in [0.15, 0.2) is 0 Å². The normalized spacial score (nSPS) is 23.6. The van der Waals surface area contributed by atoms with E-state index >= 15 is 0 Å². The van der Waals surface area contributed by atoms with Crippen molar-refractivity contribution in [2.24, 2.45) is 11.8 Å². The van der Waals surface area contributed by atoms with E-state index in [1.54, 1.807) is 0 Å². The van der Waals surface area contributed by atoms with Crippen LogP contribution in [0.4, 0.5) is 0 Å². The second-order valence-electron chi connectivity index (χ2n) is 6.60. The Kier molecular flexibility index (Phi) is 6.51. The first-order valence-electron chi connectivity index (χ1n) is 6.48. The van der Waals surface area contributed by atoms with Gasteiger partial charge in [0, 0.05) is 12.1 Å². The van der Waals surface area contributed by atoms with E-state index < -0.39 is 0 Å². The van der Waals surface area contributed by atoms with Crippen molar-refractivity contribution >= 4 is 0 Å². The largest absolute Gasteiger partial charge is 0.298 e. The Morgan fingerprint density at radius 1 is 1.13 bits per heavy atom. The summed E-state index contributed by atoms with van der Waals surface area (Å²) in [5, 5.41) is 0. The van der Waals surface area contributed by atoms with E-state index in [4.69, 9.17) is 0 Å². The van der Waals surface area contributed by atoms with Crippen LogP contribution in [0.5, 0.6) is 0 Å². The summed E-state index contributed by atoms with van der Waals surface area (Å²) in [7, 11) is 0. The smallest absolute Gasteiger partial charge is 0.0125 e. The number of likely N-dealkylation sites (tertiary alicyclic amines) is 1. The van der Waals surface area contributed by atoms with Crippen LogP contribution in [0, 0.1) is 11.8 Å². The van der Waals surface area contributed by atoms with E-state index in [2.05, 4.69) is 53.4 Å². The lowest BCUT2D eigenvalue weighted by atomic mass is 9.95. The molecular formula is C14H31N. The Morgan fingerprint density at radius 3 is 1.87 bits per heavy atom. The van der Waals surface area contributed by atoms with E-state index in [0.29, 0.717) is 5.54 Å². The summed E-state index contributed by atoms with van der Waals surface area (Å²) in [6.45, 7) is 18.4.